The van der Waals surface area contributed by atoms with Crippen molar-refractivity contribution >= 4 is 11.8 Å². The maximum absolute atomic E-state index is 13.3. The summed E-state index contributed by atoms with van der Waals surface area (Å²) in [6, 6.07) is 19.1. The van der Waals surface area contributed by atoms with Crippen LogP contribution in [0, 0.1) is 5.82 Å². The molecule has 1 heterocycles. The maximum Gasteiger partial charge on any atom is 0.242 e. The predicted octanol–water partition coefficient (Wildman–Crippen LogP) is 4.06. The Hall–Kier alpha value is -3.45. The van der Waals surface area contributed by atoms with Gasteiger partial charge in [0.05, 0.1) is 25.8 Å². The molecule has 0 aliphatic heterocycles. The second kappa shape index (κ2) is 12.6. The van der Waals surface area contributed by atoms with E-state index in [-0.39, 0.29) is 30.6 Å². The number of hydrogen-bond acceptors (Lipinski definition) is 4. The van der Waals surface area contributed by atoms with E-state index in [1.807, 2.05) is 36.4 Å². The molecular formula is C26H29FN2O4. The van der Waals surface area contributed by atoms with Crippen LogP contribution in [0.25, 0.3) is 0 Å². The molecule has 0 saturated heterocycles. The van der Waals surface area contributed by atoms with E-state index in [1.54, 1.807) is 41.4 Å². The molecule has 0 N–H and O–H groups in total. The van der Waals surface area contributed by atoms with Crippen molar-refractivity contribution in [3.8, 4) is 0 Å². The van der Waals surface area contributed by atoms with Gasteiger partial charge < -0.3 is 19.0 Å². The summed E-state index contributed by atoms with van der Waals surface area (Å²) in [5.41, 5.74) is 1.68. The molecule has 3 aromatic rings. The molecule has 0 aliphatic rings. The SMILES string of the molecule is COCCCN(CC(=O)N(Cc1ccccc1)Cc1ccco1)C(=O)Cc1ccc(F)cc1. The van der Waals surface area contributed by atoms with Crippen molar-refractivity contribution < 1.29 is 23.1 Å². The molecular weight excluding hydrogens is 423 g/mol. The lowest BCUT2D eigenvalue weighted by Crippen LogP contribution is -2.43. The molecule has 0 aliphatic carbocycles. The number of rotatable bonds is 12. The molecule has 7 heteroatoms. The number of hydrogen-bond donors (Lipinski definition) is 0. The molecule has 0 atom stereocenters. The fourth-order valence-electron chi connectivity index (χ4n) is 3.47. The minimum Gasteiger partial charge on any atom is -0.467 e. The molecule has 3 rings (SSSR count). The van der Waals surface area contributed by atoms with Crippen LogP contribution in [0.4, 0.5) is 4.39 Å². The molecule has 0 saturated carbocycles. The van der Waals surface area contributed by atoms with Crippen LogP contribution in [0.1, 0.15) is 23.3 Å². The van der Waals surface area contributed by atoms with Gasteiger partial charge in [-0.05, 0) is 41.8 Å². The normalized spacial score (nSPS) is 10.7. The number of methoxy groups -OCH3 is 1. The standard InChI is InChI=1S/C26H29FN2O4/c1-32-15-6-14-28(25(30)17-21-10-12-23(27)13-11-21)20-26(31)29(19-24-9-5-16-33-24)18-22-7-3-2-4-8-22/h2-5,7-13,16H,6,14-15,17-20H2,1H3. The highest BCUT2D eigenvalue weighted by Gasteiger charge is 2.22. The molecule has 0 spiro atoms. The first-order valence-corrected chi connectivity index (χ1v) is 10.9. The third kappa shape index (κ3) is 7.88. The van der Waals surface area contributed by atoms with Gasteiger partial charge in [0.15, 0.2) is 0 Å². The fourth-order valence-corrected chi connectivity index (χ4v) is 3.47. The molecule has 0 bridgehead atoms. The van der Waals surface area contributed by atoms with Crippen LogP contribution >= 0.6 is 0 Å². The van der Waals surface area contributed by atoms with Crippen molar-refractivity contribution in [3.63, 3.8) is 0 Å². The second-order valence-corrected chi connectivity index (χ2v) is 7.78. The summed E-state index contributed by atoms with van der Waals surface area (Å²) in [4.78, 5) is 29.6. The van der Waals surface area contributed by atoms with Crippen molar-refractivity contribution in [3.05, 3.63) is 95.7 Å². The van der Waals surface area contributed by atoms with Crippen LogP contribution in [-0.4, -0.2) is 48.4 Å². The first-order chi connectivity index (χ1) is 16.0. The minimum absolute atomic E-state index is 0.0582. The Morgan fingerprint density at radius 2 is 1.64 bits per heavy atom. The number of furan rings is 1. The van der Waals surface area contributed by atoms with Gasteiger partial charge in [0.1, 0.15) is 11.6 Å². The fraction of sp³-hybridized carbons (Fsp3) is 0.308. The number of ether oxygens (including phenoxy) is 1. The second-order valence-electron chi connectivity index (χ2n) is 7.78. The van der Waals surface area contributed by atoms with Gasteiger partial charge in [-0.15, -0.1) is 0 Å². The van der Waals surface area contributed by atoms with Gasteiger partial charge in [-0.25, -0.2) is 4.39 Å². The zero-order valence-electron chi connectivity index (χ0n) is 18.8. The van der Waals surface area contributed by atoms with Crippen molar-refractivity contribution in [1.82, 2.24) is 9.80 Å². The van der Waals surface area contributed by atoms with E-state index in [4.69, 9.17) is 9.15 Å². The molecule has 6 nitrogen and oxygen atoms in total. The lowest BCUT2D eigenvalue weighted by Gasteiger charge is -2.27. The summed E-state index contributed by atoms with van der Waals surface area (Å²) >= 11 is 0. The smallest absolute Gasteiger partial charge is 0.242 e. The van der Waals surface area contributed by atoms with E-state index in [1.165, 1.54) is 12.1 Å². The summed E-state index contributed by atoms with van der Waals surface area (Å²) in [6.07, 6.45) is 2.27. The Morgan fingerprint density at radius 3 is 2.30 bits per heavy atom. The Morgan fingerprint density at radius 1 is 0.879 bits per heavy atom. The van der Waals surface area contributed by atoms with Crippen molar-refractivity contribution in [2.75, 3.05) is 26.8 Å². The molecule has 1 aromatic heterocycles. The van der Waals surface area contributed by atoms with E-state index in [0.717, 1.165) is 5.56 Å². The monoisotopic (exact) mass is 452 g/mol. The highest BCUT2D eigenvalue weighted by atomic mass is 19.1. The summed E-state index contributed by atoms with van der Waals surface area (Å²) < 4.78 is 23.8. The third-order valence-corrected chi connectivity index (χ3v) is 5.22. The molecule has 174 valence electrons. The summed E-state index contributed by atoms with van der Waals surface area (Å²) in [5, 5.41) is 0. The molecule has 2 amide bonds. The highest BCUT2D eigenvalue weighted by molar-refractivity contribution is 5.86. The molecule has 2 aromatic carbocycles. The minimum atomic E-state index is -0.354. The van der Waals surface area contributed by atoms with Gasteiger partial charge in [0.2, 0.25) is 11.8 Å². The quantitative estimate of drug-likeness (QED) is 0.389. The van der Waals surface area contributed by atoms with Crippen LogP contribution in [0.15, 0.2) is 77.4 Å². The Balaban J connectivity index is 1.72. The average molecular weight is 453 g/mol. The lowest BCUT2D eigenvalue weighted by atomic mass is 10.1. The first-order valence-electron chi connectivity index (χ1n) is 10.9. The number of halogens is 1. The summed E-state index contributed by atoms with van der Waals surface area (Å²) in [6.45, 7) is 1.52. The zero-order chi connectivity index (χ0) is 23.5. The van der Waals surface area contributed by atoms with E-state index in [2.05, 4.69) is 0 Å². The Kier molecular flexibility index (Phi) is 9.20. The molecule has 0 radical (unpaired) electrons. The largest absolute Gasteiger partial charge is 0.467 e. The molecule has 33 heavy (non-hydrogen) atoms. The van der Waals surface area contributed by atoms with E-state index >= 15 is 0 Å². The third-order valence-electron chi connectivity index (χ3n) is 5.22. The average Bonchev–Trinajstić information content (AvgIpc) is 3.33. The summed E-state index contributed by atoms with van der Waals surface area (Å²) in [7, 11) is 1.60. The van der Waals surface area contributed by atoms with E-state index in [0.29, 0.717) is 44.0 Å². The first kappa shape index (κ1) is 24.2. The Bertz CT molecular complexity index is 991. The van der Waals surface area contributed by atoms with Gasteiger partial charge in [-0.1, -0.05) is 42.5 Å². The number of benzene rings is 2. The van der Waals surface area contributed by atoms with Gasteiger partial charge in [0.25, 0.3) is 0 Å². The van der Waals surface area contributed by atoms with Gasteiger partial charge in [-0.3, -0.25) is 9.59 Å². The van der Waals surface area contributed by atoms with Gasteiger partial charge in [-0.2, -0.15) is 0 Å². The van der Waals surface area contributed by atoms with E-state index in [9.17, 15) is 14.0 Å². The number of amides is 2. The Labute approximate surface area is 193 Å². The van der Waals surface area contributed by atoms with Crippen molar-refractivity contribution in [1.29, 1.82) is 0 Å². The molecule has 0 fully saturated rings. The molecule has 0 unspecified atom stereocenters. The van der Waals surface area contributed by atoms with Gasteiger partial charge in [0, 0.05) is 26.8 Å². The highest BCUT2D eigenvalue weighted by Crippen LogP contribution is 2.13. The van der Waals surface area contributed by atoms with Crippen molar-refractivity contribution in [2.24, 2.45) is 0 Å². The van der Waals surface area contributed by atoms with E-state index < -0.39 is 0 Å². The van der Waals surface area contributed by atoms with Crippen LogP contribution in [0.2, 0.25) is 0 Å². The topological polar surface area (TPSA) is 63.0 Å². The van der Waals surface area contributed by atoms with Crippen LogP contribution in [0.5, 0.6) is 0 Å². The zero-order valence-corrected chi connectivity index (χ0v) is 18.8. The number of carbonyl (C=O) groups is 2. The van der Waals surface area contributed by atoms with Crippen LogP contribution in [-0.2, 0) is 33.8 Å². The van der Waals surface area contributed by atoms with Crippen molar-refractivity contribution in [2.45, 2.75) is 25.9 Å². The van der Waals surface area contributed by atoms with Gasteiger partial charge >= 0.3 is 0 Å². The number of carbonyl (C=O) groups excluding carboxylic acids is 2. The lowest BCUT2D eigenvalue weighted by molar-refractivity contribution is -0.141. The summed E-state index contributed by atoms with van der Waals surface area (Å²) in [5.74, 6) is -0.0560. The number of nitrogens with zero attached hydrogens (tertiary/aromatic N) is 2. The predicted molar refractivity (Wildman–Crippen MR) is 123 cm³/mol. The van der Waals surface area contributed by atoms with Crippen LogP contribution in [0.3, 0.4) is 0 Å². The van der Waals surface area contributed by atoms with Crippen LogP contribution < -0.4 is 0 Å². The maximum atomic E-state index is 13.3.